The highest BCUT2D eigenvalue weighted by Gasteiger charge is 2.12. The highest BCUT2D eigenvalue weighted by Crippen LogP contribution is 2.19. The van der Waals surface area contributed by atoms with Gasteiger partial charge in [-0.2, -0.15) is 4.98 Å². The molecule has 6 nitrogen and oxygen atoms in total. The molecule has 1 heterocycles. The van der Waals surface area contributed by atoms with Crippen molar-refractivity contribution >= 4 is 10.0 Å². The molecule has 8 heteroatoms. The van der Waals surface area contributed by atoms with Crippen molar-refractivity contribution in [2.45, 2.75) is 6.42 Å². The van der Waals surface area contributed by atoms with E-state index in [4.69, 9.17) is 4.52 Å². The van der Waals surface area contributed by atoms with Crippen LogP contribution in [0.2, 0.25) is 0 Å². The van der Waals surface area contributed by atoms with Gasteiger partial charge in [-0.25, -0.2) is 17.5 Å². The summed E-state index contributed by atoms with van der Waals surface area (Å²) in [6, 6.07) is 6.07. The highest BCUT2D eigenvalue weighted by atomic mass is 32.2. The van der Waals surface area contributed by atoms with Crippen molar-refractivity contribution < 1.29 is 17.3 Å². The Hall–Kier alpha value is -1.80. The zero-order valence-corrected chi connectivity index (χ0v) is 10.9. The van der Waals surface area contributed by atoms with Gasteiger partial charge in [-0.05, 0) is 12.1 Å². The van der Waals surface area contributed by atoms with Gasteiger partial charge >= 0.3 is 0 Å². The van der Waals surface area contributed by atoms with Crippen LogP contribution in [0.25, 0.3) is 11.4 Å². The molecule has 2 rings (SSSR count). The summed E-state index contributed by atoms with van der Waals surface area (Å²) in [6.45, 7) is 0.151. The van der Waals surface area contributed by atoms with Crippen molar-refractivity contribution in [3.63, 3.8) is 0 Å². The summed E-state index contributed by atoms with van der Waals surface area (Å²) < 4.78 is 42.4. The van der Waals surface area contributed by atoms with Crippen LogP contribution in [0.5, 0.6) is 0 Å². The average molecular weight is 285 g/mol. The summed E-state index contributed by atoms with van der Waals surface area (Å²) in [4.78, 5) is 4.01. The van der Waals surface area contributed by atoms with Crippen molar-refractivity contribution in [2.75, 3.05) is 12.8 Å². The summed E-state index contributed by atoms with van der Waals surface area (Å²) in [6.07, 6.45) is 1.31. The SMILES string of the molecule is CS(=O)(=O)NCCc1nc(-c2ccccc2F)no1. The Morgan fingerprint density at radius 1 is 1.37 bits per heavy atom. The molecule has 0 aliphatic heterocycles. The number of hydrogen-bond acceptors (Lipinski definition) is 5. The van der Waals surface area contributed by atoms with E-state index in [0.717, 1.165) is 6.26 Å². The lowest BCUT2D eigenvalue weighted by molar-refractivity contribution is 0.378. The van der Waals surface area contributed by atoms with Gasteiger partial charge < -0.3 is 4.52 Å². The highest BCUT2D eigenvalue weighted by molar-refractivity contribution is 7.88. The number of hydrogen-bond donors (Lipinski definition) is 1. The third-order valence-corrected chi connectivity index (χ3v) is 3.01. The van der Waals surface area contributed by atoms with Gasteiger partial charge in [0, 0.05) is 13.0 Å². The molecule has 0 atom stereocenters. The summed E-state index contributed by atoms with van der Waals surface area (Å²) in [5.41, 5.74) is 0.244. The molecule has 102 valence electrons. The molecule has 1 aromatic carbocycles. The number of sulfonamides is 1. The first-order chi connectivity index (χ1) is 8.96. The fourth-order valence-corrected chi connectivity index (χ4v) is 1.92. The minimum absolute atomic E-state index is 0.146. The Morgan fingerprint density at radius 3 is 2.79 bits per heavy atom. The Balaban J connectivity index is 2.06. The first-order valence-corrected chi connectivity index (χ1v) is 7.37. The van der Waals surface area contributed by atoms with Gasteiger partial charge in [0.2, 0.25) is 21.7 Å². The fourth-order valence-electron chi connectivity index (χ4n) is 1.45. The third-order valence-electron chi connectivity index (χ3n) is 2.29. The van der Waals surface area contributed by atoms with Crippen LogP contribution in [0.1, 0.15) is 5.89 Å². The summed E-state index contributed by atoms with van der Waals surface area (Å²) in [5, 5.41) is 3.66. The lowest BCUT2D eigenvalue weighted by Crippen LogP contribution is -2.24. The van der Waals surface area contributed by atoms with Crippen LogP contribution < -0.4 is 4.72 Å². The molecule has 2 aromatic rings. The van der Waals surface area contributed by atoms with E-state index in [1.165, 1.54) is 6.07 Å². The smallest absolute Gasteiger partial charge is 0.228 e. The lowest BCUT2D eigenvalue weighted by atomic mass is 10.2. The zero-order valence-electron chi connectivity index (χ0n) is 10.1. The maximum Gasteiger partial charge on any atom is 0.228 e. The normalized spacial score (nSPS) is 11.7. The predicted octanol–water partition coefficient (Wildman–Crippen LogP) is 0.967. The number of rotatable bonds is 5. The van der Waals surface area contributed by atoms with Gasteiger partial charge in [0.1, 0.15) is 5.82 Å². The molecule has 0 aliphatic rings. The van der Waals surface area contributed by atoms with E-state index in [2.05, 4.69) is 14.9 Å². The standard InChI is InChI=1S/C11H12FN3O3S/c1-19(16,17)13-7-6-10-14-11(15-18-10)8-4-2-3-5-9(8)12/h2-5,13H,6-7H2,1H3. The molecule has 0 spiro atoms. The van der Waals surface area contributed by atoms with Crippen molar-refractivity contribution in [1.82, 2.24) is 14.9 Å². The van der Waals surface area contributed by atoms with Gasteiger partial charge in [0.15, 0.2) is 0 Å². The average Bonchev–Trinajstić information content (AvgIpc) is 2.76. The minimum Gasteiger partial charge on any atom is -0.339 e. The van der Waals surface area contributed by atoms with Gasteiger partial charge in [-0.1, -0.05) is 17.3 Å². The van der Waals surface area contributed by atoms with E-state index in [1.54, 1.807) is 18.2 Å². The molecule has 0 saturated carbocycles. The number of benzene rings is 1. The van der Waals surface area contributed by atoms with Crippen molar-refractivity contribution in [1.29, 1.82) is 0 Å². The number of nitrogens with one attached hydrogen (secondary N) is 1. The largest absolute Gasteiger partial charge is 0.339 e. The molecule has 1 N–H and O–H groups in total. The number of nitrogens with zero attached hydrogens (tertiary/aromatic N) is 2. The van der Waals surface area contributed by atoms with Crippen molar-refractivity contribution in [3.8, 4) is 11.4 Å². The second-order valence-corrected chi connectivity index (χ2v) is 5.74. The van der Waals surface area contributed by atoms with Crippen LogP contribution in [-0.4, -0.2) is 31.4 Å². The molecule has 0 bridgehead atoms. The Morgan fingerprint density at radius 2 is 2.11 bits per heavy atom. The van der Waals surface area contributed by atoms with Crippen LogP contribution in [-0.2, 0) is 16.4 Å². The predicted molar refractivity (Wildman–Crippen MR) is 66.2 cm³/mol. The summed E-state index contributed by atoms with van der Waals surface area (Å²) in [7, 11) is -3.25. The summed E-state index contributed by atoms with van der Waals surface area (Å²) in [5.74, 6) is -0.0500. The van der Waals surface area contributed by atoms with Crippen LogP contribution in [0.4, 0.5) is 4.39 Å². The first-order valence-electron chi connectivity index (χ1n) is 5.48. The van der Waals surface area contributed by atoms with E-state index in [1.807, 2.05) is 0 Å². The monoisotopic (exact) mass is 285 g/mol. The summed E-state index contributed by atoms with van der Waals surface area (Å²) >= 11 is 0. The van der Waals surface area contributed by atoms with E-state index < -0.39 is 15.8 Å². The van der Waals surface area contributed by atoms with E-state index in [-0.39, 0.29) is 30.2 Å². The van der Waals surface area contributed by atoms with E-state index in [9.17, 15) is 12.8 Å². The lowest BCUT2D eigenvalue weighted by Gasteiger charge is -1.97. The molecule has 0 amide bonds. The second-order valence-electron chi connectivity index (χ2n) is 3.91. The molecular weight excluding hydrogens is 273 g/mol. The Bertz CT molecular complexity index is 669. The topological polar surface area (TPSA) is 85.1 Å². The van der Waals surface area contributed by atoms with Crippen molar-refractivity contribution in [3.05, 3.63) is 36.0 Å². The van der Waals surface area contributed by atoms with Gasteiger partial charge in [-0.15, -0.1) is 0 Å². The van der Waals surface area contributed by atoms with Gasteiger partial charge in [-0.3, -0.25) is 0 Å². The first kappa shape index (κ1) is 13.6. The quantitative estimate of drug-likeness (QED) is 0.884. The van der Waals surface area contributed by atoms with Crippen LogP contribution in [0, 0.1) is 5.82 Å². The fraction of sp³-hybridized carbons (Fsp3) is 0.273. The van der Waals surface area contributed by atoms with E-state index >= 15 is 0 Å². The zero-order chi connectivity index (χ0) is 13.9. The number of aromatic nitrogens is 2. The Labute approximate surface area is 109 Å². The maximum atomic E-state index is 13.5. The third kappa shape index (κ3) is 3.83. The Kier molecular flexibility index (Phi) is 3.91. The molecular formula is C11H12FN3O3S. The second kappa shape index (κ2) is 5.45. The molecule has 0 unspecified atom stereocenters. The van der Waals surface area contributed by atoms with Crippen molar-refractivity contribution in [2.24, 2.45) is 0 Å². The molecule has 0 aliphatic carbocycles. The molecule has 0 fully saturated rings. The molecule has 1 aromatic heterocycles. The molecule has 0 saturated heterocycles. The number of halogens is 1. The van der Waals surface area contributed by atoms with Crippen LogP contribution in [0.15, 0.2) is 28.8 Å². The van der Waals surface area contributed by atoms with Crippen LogP contribution in [0.3, 0.4) is 0 Å². The molecule has 19 heavy (non-hydrogen) atoms. The van der Waals surface area contributed by atoms with E-state index in [0.29, 0.717) is 0 Å². The molecule has 0 radical (unpaired) electrons. The van der Waals surface area contributed by atoms with Gasteiger partial charge in [0.25, 0.3) is 0 Å². The van der Waals surface area contributed by atoms with Crippen LogP contribution >= 0.6 is 0 Å². The minimum atomic E-state index is -3.25. The van der Waals surface area contributed by atoms with Gasteiger partial charge in [0.05, 0.1) is 11.8 Å². The maximum absolute atomic E-state index is 13.5.